The van der Waals surface area contributed by atoms with Gasteiger partial charge in [-0.1, -0.05) is 13.8 Å². The van der Waals surface area contributed by atoms with Crippen LogP contribution in [0.1, 0.15) is 49.9 Å². The van der Waals surface area contributed by atoms with Gasteiger partial charge < -0.3 is 10.2 Å². The molecule has 1 aliphatic heterocycles. The Morgan fingerprint density at radius 2 is 2.05 bits per heavy atom. The van der Waals surface area contributed by atoms with Gasteiger partial charge in [-0.3, -0.25) is 4.79 Å². The van der Waals surface area contributed by atoms with E-state index in [1.54, 1.807) is 0 Å². The van der Waals surface area contributed by atoms with Gasteiger partial charge in [0.05, 0.1) is 0 Å². The summed E-state index contributed by atoms with van der Waals surface area (Å²) in [5.74, 6) is 0.186. The molecule has 19 heavy (non-hydrogen) atoms. The molecule has 0 radical (unpaired) electrons. The molecule has 104 valence electrons. The Hall–Kier alpha value is -1.51. The fraction of sp³-hybridized carbons (Fsp3) is 0.562. The van der Waals surface area contributed by atoms with E-state index < -0.39 is 0 Å². The van der Waals surface area contributed by atoms with Crippen LogP contribution >= 0.6 is 0 Å². The molecule has 1 aromatic carbocycles. The molecule has 0 saturated carbocycles. The Kier molecular flexibility index (Phi) is 4.83. The lowest BCUT2D eigenvalue weighted by Gasteiger charge is -2.23. The molecule has 1 fully saturated rings. The highest BCUT2D eigenvalue weighted by atomic mass is 16.2. The third-order valence-corrected chi connectivity index (χ3v) is 3.82. The maximum Gasteiger partial charge on any atom is 0.254 e. The van der Waals surface area contributed by atoms with Crippen LogP contribution in [0.4, 0.5) is 5.69 Å². The summed E-state index contributed by atoms with van der Waals surface area (Å²) in [6.07, 6.45) is 4.45. The van der Waals surface area contributed by atoms with Gasteiger partial charge in [0.15, 0.2) is 0 Å². The van der Waals surface area contributed by atoms with E-state index in [1.165, 1.54) is 0 Å². The number of rotatable bonds is 5. The van der Waals surface area contributed by atoms with Crippen LogP contribution in [-0.4, -0.2) is 29.9 Å². The quantitative estimate of drug-likeness (QED) is 0.878. The SMILES string of the molecule is CCCNc1ccc(C(=O)N2CCCC2CC)cc1. The molecule has 0 spiro atoms. The molecular formula is C16H24N2O. The Balaban J connectivity index is 2.03. The van der Waals surface area contributed by atoms with Crippen molar-refractivity contribution in [2.24, 2.45) is 0 Å². The summed E-state index contributed by atoms with van der Waals surface area (Å²) in [6, 6.07) is 8.31. The molecular weight excluding hydrogens is 236 g/mol. The number of nitrogens with zero attached hydrogens (tertiary/aromatic N) is 1. The van der Waals surface area contributed by atoms with Crippen molar-refractivity contribution in [3.8, 4) is 0 Å². The predicted octanol–water partition coefficient (Wildman–Crippen LogP) is 3.52. The molecule has 3 nitrogen and oxygen atoms in total. The number of likely N-dealkylation sites (tertiary alicyclic amines) is 1. The summed E-state index contributed by atoms with van der Waals surface area (Å²) in [4.78, 5) is 14.5. The van der Waals surface area contributed by atoms with Gasteiger partial charge in [-0.2, -0.15) is 0 Å². The van der Waals surface area contributed by atoms with Crippen LogP contribution in [0, 0.1) is 0 Å². The first-order valence-electron chi connectivity index (χ1n) is 7.41. The van der Waals surface area contributed by atoms with Crippen LogP contribution in [0.2, 0.25) is 0 Å². The fourth-order valence-electron chi connectivity index (χ4n) is 2.69. The van der Waals surface area contributed by atoms with Crippen LogP contribution in [0.25, 0.3) is 0 Å². The van der Waals surface area contributed by atoms with Crippen molar-refractivity contribution in [1.29, 1.82) is 0 Å². The summed E-state index contributed by atoms with van der Waals surface area (Å²) < 4.78 is 0. The molecule has 3 heteroatoms. The number of hydrogen-bond donors (Lipinski definition) is 1. The largest absolute Gasteiger partial charge is 0.385 e. The Morgan fingerprint density at radius 1 is 1.32 bits per heavy atom. The minimum absolute atomic E-state index is 0.186. The normalized spacial score (nSPS) is 18.6. The van der Waals surface area contributed by atoms with Gasteiger partial charge in [0, 0.05) is 30.4 Å². The van der Waals surface area contributed by atoms with Crippen molar-refractivity contribution in [3.05, 3.63) is 29.8 Å². The molecule has 1 heterocycles. The molecule has 1 aliphatic rings. The third-order valence-electron chi connectivity index (χ3n) is 3.82. The third kappa shape index (κ3) is 3.28. The average Bonchev–Trinajstić information content (AvgIpc) is 2.93. The molecule has 1 atom stereocenters. The van der Waals surface area contributed by atoms with Gasteiger partial charge in [-0.15, -0.1) is 0 Å². The maximum atomic E-state index is 12.4. The molecule has 1 amide bonds. The Labute approximate surface area is 116 Å². The van der Waals surface area contributed by atoms with Crippen LogP contribution in [0.5, 0.6) is 0 Å². The van der Waals surface area contributed by atoms with Gasteiger partial charge in [-0.05, 0) is 49.9 Å². The van der Waals surface area contributed by atoms with E-state index in [1.807, 2.05) is 29.2 Å². The highest BCUT2D eigenvalue weighted by Gasteiger charge is 2.27. The van der Waals surface area contributed by atoms with Crippen LogP contribution in [0.15, 0.2) is 24.3 Å². The van der Waals surface area contributed by atoms with E-state index in [-0.39, 0.29) is 5.91 Å². The number of benzene rings is 1. The minimum atomic E-state index is 0.186. The predicted molar refractivity (Wildman–Crippen MR) is 79.6 cm³/mol. The Morgan fingerprint density at radius 3 is 2.68 bits per heavy atom. The highest BCUT2D eigenvalue weighted by Crippen LogP contribution is 2.22. The molecule has 1 saturated heterocycles. The number of anilines is 1. The number of carbonyl (C=O) groups excluding carboxylic acids is 1. The van der Waals surface area contributed by atoms with E-state index in [9.17, 15) is 4.79 Å². The van der Waals surface area contributed by atoms with Crippen LogP contribution in [0.3, 0.4) is 0 Å². The van der Waals surface area contributed by atoms with Crippen molar-refractivity contribution in [3.63, 3.8) is 0 Å². The van der Waals surface area contributed by atoms with Gasteiger partial charge in [0.1, 0.15) is 0 Å². The minimum Gasteiger partial charge on any atom is -0.385 e. The van der Waals surface area contributed by atoms with Crippen LogP contribution < -0.4 is 5.32 Å². The highest BCUT2D eigenvalue weighted by molar-refractivity contribution is 5.95. The second-order valence-corrected chi connectivity index (χ2v) is 5.21. The lowest BCUT2D eigenvalue weighted by Crippen LogP contribution is -2.35. The monoisotopic (exact) mass is 260 g/mol. The summed E-state index contributed by atoms with van der Waals surface area (Å²) in [5.41, 5.74) is 1.90. The summed E-state index contributed by atoms with van der Waals surface area (Å²) in [7, 11) is 0. The zero-order valence-electron chi connectivity index (χ0n) is 12.0. The van der Waals surface area contributed by atoms with Crippen molar-refractivity contribution in [1.82, 2.24) is 4.90 Å². The van der Waals surface area contributed by atoms with Crippen molar-refractivity contribution in [2.45, 2.75) is 45.6 Å². The molecule has 0 aromatic heterocycles. The van der Waals surface area contributed by atoms with E-state index in [2.05, 4.69) is 19.2 Å². The Bertz CT molecular complexity index is 413. The lowest BCUT2D eigenvalue weighted by atomic mass is 10.1. The van der Waals surface area contributed by atoms with Crippen molar-refractivity contribution >= 4 is 11.6 Å². The first kappa shape index (κ1) is 13.9. The van der Waals surface area contributed by atoms with Gasteiger partial charge >= 0.3 is 0 Å². The standard InChI is InChI=1S/C16H24N2O/c1-3-11-17-14-9-7-13(8-10-14)16(19)18-12-5-6-15(18)4-2/h7-10,15,17H,3-6,11-12H2,1-2H3. The zero-order chi connectivity index (χ0) is 13.7. The first-order chi connectivity index (χ1) is 9.26. The maximum absolute atomic E-state index is 12.4. The first-order valence-corrected chi connectivity index (χ1v) is 7.41. The van der Waals surface area contributed by atoms with E-state index in [0.29, 0.717) is 6.04 Å². The van der Waals surface area contributed by atoms with Gasteiger partial charge in [-0.25, -0.2) is 0 Å². The fourth-order valence-corrected chi connectivity index (χ4v) is 2.69. The summed E-state index contributed by atoms with van der Waals surface area (Å²) in [5, 5.41) is 3.33. The second kappa shape index (κ2) is 6.60. The number of nitrogens with one attached hydrogen (secondary N) is 1. The van der Waals surface area contributed by atoms with Gasteiger partial charge in [0.2, 0.25) is 0 Å². The molecule has 1 N–H and O–H groups in total. The molecule has 1 aromatic rings. The van der Waals surface area contributed by atoms with Crippen molar-refractivity contribution < 1.29 is 4.79 Å². The van der Waals surface area contributed by atoms with Gasteiger partial charge in [0.25, 0.3) is 5.91 Å². The number of carbonyl (C=O) groups is 1. The second-order valence-electron chi connectivity index (χ2n) is 5.21. The molecule has 2 rings (SSSR count). The van der Waals surface area contributed by atoms with Crippen molar-refractivity contribution in [2.75, 3.05) is 18.4 Å². The molecule has 0 bridgehead atoms. The van der Waals surface area contributed by atoms with E-state index in [4.69, 9.17) is 0 Å². The zero-order valence-corrected chi connectivity index (χ0v) is 12.0. The smallest absolute Gasteiger partial charge is 0.254 e. The average molecular weight is 260 g/mol. The molecule has 0 aliphatic carbocycles. The van der Waals surface area contributed by atoms with E-state index >= 15 is 0 Å². The van der Waals surface area contributed by atoms with E-state index in [0.717, 1.165) is 50.0 Å². The topological polar surface area (TPSA) is 32.3 Å². The lowest BCUT2D eigenvalue weighted by molar-refractivity contribution is 0.0733. The molecule has 1 unspecified atom stereocenters. The summed E-state index contributed by atoms with van der Waals surface area (Å²) >= 11 is 0. The van der Waals surface area contributed by atoms with Crippen LogP contribution in [-0.2, 0) is 0 Å². The summed E-state index contributed by atoms with van der Waals surface area (Å²) in [6.45, 7) is 6.18. The number of hydrogen-bond acceptors (Lipinski definition) is 2. The number of amides is 1.